The van der Waals surface area contributed by atoms with E-state index < -0.39 is 0 Å². The van der Waals surface area contributed by atoms with Gasteiger partial charge in [0.15, 0.2) is 6.61 Å². The molecule has 140 valence electrons. The summed E-state index contributed by atoms with van der Waals surface area (Å²) in [5, 5.41) is 2.83. The lowest BCUT2D eigenvalue weighted by molar-refractivity contribution is -0.118. The Hall–Kier alpha value is -1.81. The molecule has 26 heavy (non-hydrogen) atoms. The topological polar surface area (TPSA) is 38.3 Å². The van der Waals surface area contributed by atoms with E-state index in [1.54, 1.807) is 0 Å². The third kappa shape index (κ3) is 6.17. The molecule has 0 radical (unpaired) electrons. The molecular formula is C22H28BrNO2. The van der Waals surface area contributed by atoms with Gasteiger partial charge in [0.25, 0.3) is 5.91 Å². The molecule has 0 unspecified atom stereocenters. The summed E-state index contributed by atoms with van der Waals surface area (Å²) in [4.78, 5) is 12.1. The maximum Gasteiger partial charge on any atom is 0.262 e. The van der Waals surface area contributed by atoms with E-state index in [4.69, 9.17) is 4.74 Å². The van der Waals surface area contributed by atoms with Gasteiger partial charge in [0, 0.05) is 4.47 Å². The zero-order valence-electron chi connectivity index (χ0n) is 16.2. The van der Waals surface area contributed by atoms with Crippen molar-refractivity contribution in [2.24, 2.45) is 5.41 Å². The van der Waals surface area contributed by atoms with Crippen LogP contribution in [0.3, 0.4) is 0 Å². The fourth-order valence-electron chi connectivity index (χ4n) is 3.33. The standard InChI is InChI=1S/C22H28BrNO2/c1-21(2,3)15-22(4,5)16-10-12-17(13-11-16)26-14-20(25)24-19-9-7-6-8-18(19)23/h6-13H,14-15H2,1-5H3,(H,24,25). The Labute approximate surface area is 165 Å². The van der Waals surface area contributed by atoms with Crippen LogP contribution in [-0.2, 0) is 10.2 Å². The van der Waals surface area contributed by atoms with E-state index in [1.165, 1.54) is 5.56 Å². The predicted molar refractivity (Wildman–Crippen MR) is 112 cm³/mol. The van der Waals surface area contributed by atoms with Crippen molar-refractivity contribution in [1.29, 1.82) is 0 Å². The van der Waals surface area contributed by atoms with Gasteiger partial charge in [-0.25, -0.2) is 0 Å². The Bertz CT molecular complexity index is 745. The van der Waals surface area contributed by atoms with Crippen LogP contribution in [0.15, 0.2) is 53.0 Å². The number of benzene rings is 2. The molecule has 0 aliphatic rings. The summed E-state index contributed by atoms with van der Waals surface area (Å²) in [6, 6.07) is 15.6. The third-order valence-electron chi connectivity index (χ3n) is 4.13. The van der Waals surface area contributed by atoms with Crippen molar-refractivity contribution in [3.05, 3.63) is 58.6 Å². The van der Waals surface area contributed by atoms with Crippen LogP contribution in [-0.4, -0.2) is 12.5 Å². The summed E-state index contributed by atoms with van der Waals surface area (Å²) in [5.74, 6) is 0.511. The molecule has 4 heteroatoms. The van der Waals surface area contributed by atoms with Gasteiger partial charge < -0.3 is 10.1 Å². The average Bonchev–Trinajstić information content (AvgIpc) is 2.53. The van der Waals surface area contributed by atoms with E-state index in [2.05, 4.69) is 68.0 Å². The fourth-order valence-corrected chi connectivity index (χ4v) is 3.71. The van der Waals surface area contributed by atoms with Crippen LogP contribution < -0.4 is 10.1 Å². The lowest BCUT2D eigenvalue weighted by atomic mass is 9.72. The Morgan fingerprint density at radius 3 is 2.19 bits per heavy atom. The Kier molecular flexibility index (Phi) is 6.51. The number of amides is 1. The highest BCUT2D eigenvalue weighted by Crippen LogP contribution is 2.36. The van der Waals surface area contributed by atoms with Gasteiger partial charge >= 0.3 is 0 Å². The quantitative estimate of drug-likeness (QED) is 0.608. The van der Waals surface area contributed by atoms with Gasteiger partial charge in [-0.1, -0.05) is 58.9 Å². The van der Waals surface area contributed by atoms with Crippen LogP contribution in [0.4, 0.5) is 5.69 Å². The highest BCUT2D eigenvalue weighted by Gasteiger charge is 2.27. The summed E-state index contributed by atoms with van der Waals surface area (Å²) < 4.78 is 6.47. The normalized spacial score (nSPS) is 11.9. The number of ether oxygens (including phenoxy) is 1. The molecule has 2 aromatic rings. The molecule has 1 amide bonds. The average molecular weight is 418 g/mol. The predicted octanol–water partition coefficient (Wildman–Crippen LogP) is 6.18. The first-order valence-corrected chi connectivity index (χ1v) is 9.64. The monoisotopic (exact) mass is 417 g/mol. The number of halogens is 1. The van der Waals surface area contributed by atoms with Gasteiger partial charge in [-0.15, -0.1) is 0 Å². The number of nitrogens with one attached hydrogen (secondary N) is 1. The summed E-state index contributed by atoms with van der Waals surface area (Å²) in [7, 11) is 0. The number of para-hydroxylation sites is 1. The second-order valence-electron chi connectivity index (χ2n) is 8.46. The minimum atomic E-state index is -0.186. The smallest absolute Gasteiger partial charge is 0.262 e. The molecule has 0 atom stereocenters. The van der Waals surface area contributed by atoms with E-state index >= 15 is 0 Å². The maximum absolute atomic E-state index is 12.1. The SMILES string of the molecule is CC(C)(C)CC(C)(C)c1ccc(OCC(=O)Nc2ccccc2Br)cc1. The molecular weight excluding hydrogens is 390 g/mol. The summed E-state index contributed by atoms with van der Waals surface area (Å²) in [5.41, 5.74) is 2.37. The van der Waals surface area contributed by atoms with Crippen LogP contribution in [0.1, 0.15) is 46.6 Å². The molecule has 0 aliphatic carbocycles. The first-order chi connectivity index (χ1) is 12.1. The van der Waals surface area contributed by atoms with E-state index in [0.29, 0.717) is 5.75 Å². The number of rotatable bonds is 6. The van der Waals surface area contributed by atoms with E-state index in [9.17, 15) is 4.79 Å². The second kappa shape index (κ2) is 8.26. The number of hydrogen-bond acceptors (Lipinski definition) is 2. The molecule has 2 aromatic carbocycles. The number of anilines is 1. The van der Waals surface area contributed by atoms with Gasteiger partial charge in [0.1, 0.15) is 5.75 Å². The van der Waals surface area contributed by atoms with Crippen molar-refractivity contribution in [3.8, 4) is 5.75 Å². The zero-order chi connectivity index (χ0) is 19.4. The van der Waals surface area contributed by atoms with Crippen molar-refractivity contribution in [1.82, 2.24) is 0 Å². The Morgan fingerprint density at radius 2 is 1.62 bits per heavy atom. The van der Waals surface area contributed by atoms with Crippen molar-refractivity contribution in [3.63, 3.8) is 0 Å². The highest BCUT2D eigenvalue weighted by atomic mass is 79.9. The van der Waals surface area contributed by atoms with Gasteiger partial charge in [-0.2, -0.15) is 0 Å². The fraction of sp³-hybridized carbons (Fsp3) is 0.409. The molecule has 0 heterocycles. The van der Waals surface area contributed by atoms with Gasteiger partial charge in [0.05, 0.1) is 5.69 Å². The van der Waals surface area contributed by atoms with Crippen LogP contribution in [0.25, 0.3) is 0 Å². The molecule has 0 fully saturated rings. The molecule has 0 aliphatic heterocycles. The number of carbonyl (C=O) groups excluding carboxylic acids is 1. The maximum atomic E-state index is 12.1. The van der Waals surface area contributed by atoms with E-state index in [-0.39, 0.29) is 23.3 Å². The first-order valence-electron chi connectivity index (χ1n) is 8.85. The third-order valence-corrected chi connectivity index (χ3v) is 4.82. The molecule has 0 aromatic heterocycles. The second-order valence-corrected chi connectivity index (χ2v) is 9.32. The summed E-state index contributed by atoms with van der Waals surface area (Å²) >= 11 is 3.41. The lowest BCUT2D eigenvalue weighted by Gasteiger charge is -2.33. The van der Waals surface area contributed by atoms with Crippen LogP contribution in [0.2, 0.25) is 0 Å². The van der Waals surface area contributed by atoms with Crippen LogP contribution in [0, 0.1) is 5.41 Å². The molecule has 0 saturated heterocycles. The van der Waals surface area contributed by atoms with E-state index in [1.807, 2.05) is 36.4 Å². The van der Waals surface area contributed by atoms with Gasteiger partial charge in [-0.3, -0.25) is 4.79 Å². The Morgan fingerprint density at radius 1 is 1.00 bits per heavy atom. The molecule has 1 N–H and O–H groups in total. The Balaban J connectivity index is 1.93. The molecule has 2 rings (SSSR count). The highest BCUT2D eigenvalue weighted by molar-refractivity contribution is 9.10. The van der Waals surface area contributed by atoms with Crippen molar-refractivity contribution < 1.29 is 9.53 Å². The van der Waals surface area contributed by atoms with Crippen molar-refractivity contribution >= 4 is 27.5 Å². The number of carbonyl (C=O) groups is 1. The lowest BCUT2D eigenvalue weighted by Crippen LogP contribution is -2.24. The van der Waals surface area contributed by atoms with Gasteiger partial charge in [-0.05, 0) is 63.0 Å². The zero-order valence-corrected chi connectivity index (χ0v) is 17.8. The largest absolute Gasteiger partial charge is 0.484 e. The van der Waals surface area contributed by atoms with Crippen molar-refractivity contribution in [2.45, 2.75) is 46.5 Å². The molecule has 0 saturated carbocycles. The summed E-state index contributed by atoms with van der Waals surface area (Å²) in [6.07, 6.45) is 1.09. The van der Waals surface area contributed by atoms with Crippen molar-refractivity contribution in [2.75, 3.05) is 11.9 Å². The molecule has 3 nitrogen and oxygen atoms in total. The van der Waals surface area contributed by atoms with Crippen LogP contribution in [0.5, 0.6) is 5.75 Å². The minimum Gasteiger partial charge on any atom is -0.484 e. The summed E-state index contributed by atoms with van der Waals surface area (Å²) in [6.45, 7) is 11.3. The first kappa shape index (κ1) is 20.5. The van der Waals surface area contributed by atoms with E-state index in [0.717, 1.165) is 16.6 Å². The molecule has 0 bridgehead atoms. The minimum absolute atomic E-state index is 0.0218. The molecule has 0 spiro atoms. The number of hydrogen-bond donors (Lipinski definition) is 1. The van der Waals surface area contributed by atoms with Crippen LogP contribution >= 0.6 is 15.9 Å². The van der Waals surface area contributed by atoms with Gasteiger partial charge in [0.2, 0.25) is 0 Å².